The van der Waals surface area contributed by atoms with Gasteiger partial charge < -0.3 is 5.73 Å². The van der Waals surface area contributed by atoms with Crippen LogP contribution in [0.5, 0.6) is 0 Å². The Morgan fingerprint density at radius 1 is 1.22 bits per heavy atom. The molecule has 2 heteroatoms. The molecular formula is C16H24FN. The van der Waals surface area contributed by atoms with Crippen LogP contribution in [0.4, 0.5) is 4.39 Å². The highest BCUT2D eigenvalue weighted by Gasteiger charge is 2.43. The lowest BCUT2D eigenvalue weighted by molar-refractivity contribution is 0.0988. The third kappa shape index (κ3) is 2.44. The van der Waals surface area contributed by atoms with Gasteiger partial charge in [0.15, 0.2) is 0 Å². The van der Waals surface area contributed by atoms with Crippen molar-refractivity contribution < 1.29 is 4.39 Å². The Bertz CT molecular complexity index is 439. The summed E-state index contributed by atoms with van der Waals surface area (Å²) in [6, 6.07) is 5.02. The highest BCUT2D eigenvalue weighted by atomic mass is 19.1. The van der Waals surface area contributed by atoms with Crippen molar-refractivity contribution >= 4 is 0 Å². The molecular weight excluding hydrogens is 225 g/mol. The molecule has 1 saturated carbocycles. The van der Waals surface area contributed by atoms with Gasteiger partial charge in [-0.25, -0.2) is 4.39 Å². The summed E-state index contributed by atoms with van der Waals surface area (Å²) in [4.78, 5) is 0. The summed E-state index contributed by atoms with van der Waals surface area (Å²) in [6.07, 6.45) is 5.43. The first-order valence-electron chi connectivity index (χ1n) is 6.88. The summed E-state index contributed by atoms with van der Waals surface area (Å²) in [7, 11) is 0. The van der Waals surface area contributed by atoms with Crippen molar-refractivity contribution in [2.24, 2.45) is 11.1 Å². The van der Waals surface area contributed by atoms with Crippen molar-refractivity contribution in [1.29, 1.82) is 0 Å². The second kappa shape index (κ2) is 4.65. The van der Waals surface area contributed by atoms with E-state index in [9.17, 15) is 4.39 Å². The molecule has 1 aliphatic carbocycles. The van der Waals surface area contributed by atoms with Crippen molar-refractivity contribution in [2.45, 2.75) is 58.4 Å². The minimum absolute atomic E-state index is 0.129. The molecule has 1 unspecified atom stereocenters. The fourth-order valence-electron chi connectivity index (χ4n) is 3.09. The number of nitrogens with two attached hydrogens (primary N) is 1. The van der Waals surface area contributed by atoms with E-state index in [4.69, 9.17) is 5.73 Å². The Morgan fingerprint density at radius 2 is 1.89 bits per heavy atom. The Morgan fingerprint density at radius 3 is 2.56 bits per heavy atom. The number of hydrogen-bond acceptors (Lipinski definition) is 1. The van der Waals surface area contributed by atoms with Crippen LogP contribution < -0.4 is 5.73 Å². The maximum absolute atomic E-state index is 13.4. The summed E-state index contributed by atoms with van der Waals surface area (Å²) in [5, 5.41) is 0. The van der Waals surface area contributed by atoms with Crippen LogP contribution >= 0.6 is 0 Å². The highest BCUT2D eigenvalue weighted by Crippen LogP contribution is 2.44. The topological polar surface area (TPSA) is 26.0 Å². The van der Waals surface area contributed by atoms with Crippen LogP contribution in [0.25, 0.3) is 0 Å². The molecule has 2 N–H and O–H groups in total. The minimum Gasteiger partial charge on any atom is -0.324 e. The second-order valence-corrected chi connectivity index (χ2v) is 6.49. The predicted octanol–water partition coefficient (Wildman–Crippen LogP) is 3.97. The molecule has 18 heavy (non-hydrogen) atoms. The normalized spacial score (nSPS) is 27.2. The molecule has 0 spiro atoms. The highest BCUT2D eigenvalue weighted by molar-refractivity contribution is 5.29. The van der Waals surface area contributed by atoms with Gasteiger partial charge in [-0.3, -0.25) is 0 Å². The Hall–Kier alpha value is -0.890. The standard InChI is InChI=1S/C16H24FN/c1-12-6-7-14(17)10-13(12)11-16(18)9-5-4-8-15(16,2)3/h6-7,10H,4-5,8-9,11,18H2,1-3H3. The molecule has 0 aliphatic heterocycles. The van der Waals surface area contributed by atoms with E-state index in [1.807, 2.05) is 13.0 Å². The summed E-state index contributed by atoms with van der Waals surface area (Å²) in [5.41, 5.74) is 8.79. The van der Waals surface area contributed by atoms with Crippen LogP contribution in [0.15, 0.2) is 18.2 Å². The van der Waals surface area contributed by atoms with Gasteiger partial charge in [0.05, 0.1) is 0 Å². The van der Waals surface area contributed by atoms with Gasteiger partial charge in [0.25, 0.3) is 0 Å². The molecule has 1 fully saturated rings. The molecule has 1 aromatic rings. The average Bonchev–Trinajstić information content (AvgIpc) is 2.28. The van der Waals surface area contributed by atoms with Crippen LogP contribution in [0.2, 0.25) is 0 Å². The van der Waals surface area contributed by atoms with Crippen molar-refractivity contribution in [3.05, 3.63) is 35.1 Å². The van der Waals surface area contributed by atoms with Crippen LogP contribution in [0, 0.1) is 18.2 Å². The van der Waals surface area contributed by atoms with Crippen molar-refractivity contribution in [2.75, 3.05) is 0 Å². The molecule has 2 rings (SSSR count). The van der Waals surface area contributed by atoms with Crippen LogP contribution in [0.1, 0.15) is 50.7 Å². The summed E-state index contributed by atoms with van der Waals surface area (Å²) >= 11 is 0. The second-order valence-electron chi connectivity index (χ2n) is 6.49. The molecule has 1 nitrogen and oxygen atoms in total. The Balaban J connectivity index is 2.28. The van der Waals surface area contributed by atoms with E-state index in [2.05, 4.69) is 13.8 Å². The van der Waals surface area contributed by atoms with Gasteiger partial charge in [0.2, 0.25) is 0 Å². The van der Waals surface area contributed by atoms with E-state index in [0.29, 0.717) is 0 Å². The fraction of sp³-hybridized carbons (Fsp3) is 0.625. The lowest BCUT2D eigenvalue weighted by Gasteiger charge is -2.48. The van der Waals surface area contributed by atoms with Gasteiger partial charge in [-0.1, -0.05) is 32.8 Å². The quantitative estimate of drug-likeness (QED) is 0.843. The molecule has 0 saturated heterocycles. The summed E-state index contributed by atoms with van der Waals surface area (Å²) in [5.74, 6) is -0.159. The SMILES string of the molecule is Cc1ccc(F)cc1CC1(N)CCCCC1(C)C. The van der Waals surface area contributed by atoms with Gasteiger partial charge >= 0.3 is 0 Å². The van der Waals surface area contributed by atoms with Crippen LogP contribution in [-0.4, -0.2) is 5.54 Å². The van der Waals surface area contributed by atoms with E-state index >= 15 is 0 Å². The summed E-state index contributed by atoms with van der Waals surface area (Å²) < 4.78 is 13.4. The van der Waals surface area contributed by atoms with Crippen molar-refractivity contribution in [3.63, 3.8) is 0 Å². The number of hydrogen-bond donors (Lipinski definition) is 1. The van der Waals surface area contributed by atoms with Gasteiger partial charge in [0.1, 0.15) is 5.82 Å². The fourth-order valence-corrected chi connectivity index (χ4v) is 3.09. The molecule has 100 valence electrons. The molecule has 0 radical (unpaired) electrons. The van der Waals surface area contributed by atoms with Gasteiger partial charge in [-0.05, 0) is 54.9 Å². The third-order valence-electron chi connectivity index (χ3n) is 4.84. The van der Waals surface area contributed by atoms with Crippen molar-refractivity contribution in [3.8, 4) is 0 Å². The molecule has 0 bridgehead atoms. The molecule has 0 heterocycles. The lowest BCUT2D eigenvalue weighted by atomic mass is 9.61. The van der Waals surface area contributed by atoms with E-state index in [-0.39, 0.29) is 16.8 Å². The first-order chi connectivity index (χ1) is 8.34. The first-order valence-corrected chi connectivity index (χ1v) is 6.88. The van der Waals surface area contributed by atoms with Crippen molar-refractivity contribution in [1.82, 2.24) is 0 Å². The van der Waals surface area contributed by atoms with Gasteiger partial charge in [0, 0.05) is 5.54 Å². The zero-order valence-corrected chi connectivity index (χ0v) is 11.7. The molecule has 1 atom stereocenters. The molecule has 0 aromatic heterocycles. The molecule has 0 amide bonds. The van der Waals surface area contributed by atoms with E-state index in [1.54, 1.807) is 6.07 Å². The number of halogens is 1. The molecule has 1 aromatic carbocycles. The maximum Gasteiger partial charge on any atom is 0.123 e. The van der Waals surface area contributed by atoms with E-state index in [0.717, 1.165) is 30.4 Å². The predicted molar refractivity (Wildman–Crippen MR) is 74.0 cm³/mol. The number of rotatable bonds is 2. The van der Waals surface area contributed by atoms with Gasteiger partial charge in [-0.15, -0.1) is 0 Å². The zero-order valence-electron chi connectivity index (χ0n) is 11.7. The third-order valence-corrected chi connectivity index (χ3v) is 4.84. The van der Waals surface area contributed by atoms with Gasteiger partial charge in [-0.2, -0.15) is 0 Å². The lowest BCUT2D eigenvalue weighted by Crippen LogP contribution is -2.56. The van der Waals surface area contributed by atoms with E-state index in [1.165, 1.54) is 18.9 Å². The largest absolute Gasteiger partial charge is 0.324 e. The average molecular weight is 249 g/mol. The Labute approximate surface area is 110 Å². The minimum atomic E-state index is -0.205. The maximum atomic E-state index is 13.4. The smallest absolute Gasteiger partial charge is 0.123 e. The van der Waals surface area contributed by atoms with Crippen LogP contribution in [-0.2, 0) is 6.42 Å². The summed E-state index contributed by atoms with van der Waals surface area (Å²) in [6.45, 7) is 6.54. The zero-order chi connectivity index (χ0) is 13.4. The molecule has 1 aliphatic rings. The monoisotopic (exact) mass is 249 g/mol. The first kappa shape index (κ1) is 13.5. The van der Waals surface area contributed by atoms with Crippen LogP contribution in [0.3, 0.4) is 0 Å². The number of benzene rings is 1. The number of aryl methyl sites for hydroxylation is 1. The Kier molecular flexibility index (Phi) is 3.50. The van der Waals surface area contributed by atoms with E-state index < -0.39 is 0 Å².